The van der Waals surface area contributed by atoms with Gasteiger partial charge in [0.25, 0.3) is 5.91 Å². The molecule has 2 amide bonds. The zero-order chi connectivity index (χ0) is 16.4. The number of carbonyl (C=O) groups excluding carboxylic acids is 2. The number of anilines is 1. The Kier molecular flexibility index (Phi) is 7.99. The van der Waals surface area contributed by atoms with E-state index in [9.17, 15) is 9.59 Å². The summed E-state index contributed by atoms with van der Waals surface area (Å²) in [7, 11) is 1.58. The van der Waals surface area contributed by atoms with Gasteiger partial charge >= 0.3 is 0 Å². The van der Waals surface area contributed by atoms with Crippen molar-refractivity contribution in [2.75, 3.05) is 32.1 Å². The van der Waals surface area contributed by atoms with Crippen LogP contribution in [-0.2, 0) is 9.53 Å². The number of hydrogen-bond acceptors (Lipinski definition) is 4. The lowest BCUT2D eigenvalue weighted by Crippen LogP contribution is -2.36. The molecule has 0 aliphatic rings. The van der Waals surface area contributed by atoms with Crippen molar-refractivity contribution in [3.63, 3.8) is 0 Å². The van der Waals surface area contributed by atoms with Crippen LogP contribution in [0.25, 0.3) is 0 Å². The Morgan fingerprint density at radius 1 is 1.32 bits per heavy atom. The third-order valence-corrected chi connectivity index (χ3v) is 3.19. The Labute approximate surface area is 131 Å². The Balaban J connectivity index is 2.50. The van der Waals surface area contributed by atoms with Crippen LogP contribution in [0.4, 0.5) is 5.69 Å². The van der Waals surface area contributed by atoms with E-state index in [0.29, 0.717) is 18.7 Å². The van der Waals surface area contributed by atoms with Gasteiger partial charge in [0, 0.05) is 30.9 Å². The zero-order valence-corrected chi connectivity index (χ0v) is 13.4. The van der Waals surface area contributed by atoms with Crippen LogP contribution in [0.2, 0.25) is 0 Å². The van der Waals surface area contributed by atoms with Crippen molar-refractivity contribution >= 4 is 17.5 Å². The highest BCUT2D eigenvalue weighted by Crippen LogP contribution is 2.10. The Morgan fingerprint density at radius 2 is 2.09 bits per heavy atom. The SMILES string of the molecule is CCC(C)NC(=O)CNc1cccc(C(=O)NCCOC)c1. The van der Waals surface area contributed by atoms with Gasteiger partial charge < -0.3 is 20.7 Å². The number of amides is 2. The molecular formula is C16H25N3O3. The third kappa shape index (κ3) is 6.58. The Bertz CT molecular complexity index is 491. The molecule has 1 aromatic carbocycles. The molecule has 0 aliphatic carbocycles. The highest BCUT2D eigenvalue weighted by atomic mass is 16.5. The summed E-state index contributed by atoms with van der Waals surface area (Å²) in [4.78, 5) is 23.6. The highest BCUT2D eigenvalue weighted by Gasteiger charge is 2.07. The third-order valence-electron chi connectivity index (χ3n) is 3.19. The first-order chi connectivity index (χ1) is 10.6. The Morgan fingerprint density at radius 3 is 2.77 bits per heavy atom. The van der Waals surface area contributed by atoms with Crippen molar-refractivity contribution < 1.29 is 14.3 Å². The summed E-state index contributed by atoms with van der Waals surface area (Å²) >= 11 is 0. The maximum atomic E-state index is 11.9. The summed E-state index contributed by atoms with van der Waals surface area (Å²) in [5.74, 6) is -0.228. The molecule has 1 unspecified atom stereocenters. The molecule has 1 aromatic rings. The summed E-state index contributed by atoms with van der Waals surface area (Å²) in [6.45, 7) is 5.09. The molecule has 3 N–H and O–H groups in total. The molecule has 0 spiro atoms. The molecule has 0 radical (unpaired) electrons. The van der Waals surface area contributed by atoms with Gasteiger partial charge in [-0.05, 0) is 31.5 Å². The van der Waals surface area contributed by atoms with Crippen molar-refractivity contribution in [2.24, 2.45) is 0 Å². The van der Waals surface area contributed by atoms with Crippen molar-refractivity contribution in [3.05, 3.63) is 29.8 Å². The van der Waals surface area contributed by atoms with Crippen LogP contribution in [0, 0.1) is 0 Å². The summed E-state index contributed by atoms with van der Waals surface area (Å²) in [6, 6.07) is 7.21. The molecule has 0 heterocycles. The van der Waals surface area contributed by atoms with Gasteiger partial charge in [-0.1, -0.05) is 13.0 Å². The van der Waals surface area contributed by atoms with Gasteiger partial charge in [0.2, 0.25) is 5.91 Å². The predicted molar refractivity (Wildman–Crippen MR) is 87.0 cm³/mol. The molecule has 6 heteroatoms. The predicted octanol–water partition coefficient (Wildman–Crippen LogP) is 1.39. The summed E-state index contributed by atoms with van der Waals surface area (Å²) < 4.78 is 4.89. The van der Waals surface area contributed by atoms with Crippen LogP contribution in [0.5, 0.6) is 0 Å². The van der Waals surface area contributed by atoms with Gasteiger partial charge in [-0.3, -0.25) is 9.59 Å². The minimum absolute atomic E-state index is 0.0655. The van der Waals surface area contributed by atoms with Crippen molar-refractivity contribution in [2.45, 2.75) is 26.3 Å². The molecule has 0 saturated heterocycles. The number of methoxy groups -OCH3 is 1. The molecule has 22 heavy (non-hydrogen) atoms. The quantitative estimate of drug-likeness (QED) is 0.602. The molecule has 1 atom stereocenters. The fourth-order valence-electron chi connectivity index (χ4n) is 1.75. The maximum absolute atomic E-state index is 11.9. The topological polar surface area (TPSA) is 79.5 Å². The fourth-order valence-corrected chi connectivity index (χ4v) is 1.75. The van der Waals surface area contributed by atoms with Gasteiger partial charge in [-0.2, -0.15) is 0 Å². The minimum atomic E-state index is -0.162. The summed E-state index contributed by atoms with van der Waals surface area (Å²) in [6.07, 6.45) is 0.892. The zero-order valence-electron chi connectivity index (χ0n) is 13.4. The average Bonchev–Trinajstić information content (AvgIpc) is 2.53. The molecule has 0 saturated carbocycles. The van der Waals surface area contributed by atoms with Crippen LogP contribution in [0.15, 0.2) is 24.3 Å². The highest BCUT2D eigenvalue weighted by molar-refractivity contribution is 5.95. The number of carbonyl (C=O) groups is 2. The molecular weight excluding hydrogens is 282 g/mol. The lowest BCUT2D eigenvalue weighted by molar-refractivity contribution is -0.120. The molecule has 1 rings (SSSR count). The van der Waals surface area contributed by atoms with Crippen LogP contribution < -0.4 is 16.0 Å². The van der Waals surface area contributed by atoms with Crippen molar-refractivity contribution in [1.29, 1.82) is 0 Å². The lowest BCUT2D eigenvalue weighted by atomic mass is 10.2. The number of rotatable bonds is 9. The van der Waals surface area contributed by atoms with Crippen LogP contribution >= 0.6 is 0 Å². The van der Waals surface area contributed by atoms with Gasteiger partial charge in [0.15, 0.2) is 0 Å². The van der Waals surface area contributed by atoms with Gasteiger partial charge in [0.05, 0.1) is 13.2 Å². The number of hydrogen-bond donors (Lipinski definition) is 3. The molecule has 0 aromatic heterocycles. The van der Waals surface area contributed by atoms with Crippen LogP contribution in [0.3, 0.4) is 0 Å². The second-order valence-electron chi connectivity index (χ2n) is 5.06. The van der Waals surface area contributed by atoms with E-state index in [1.54, 1.807) is 25.3 Å². The normalized spacial score (nSPS) is 11.6. The van der Waals surface area contributed by atoms with Gasteiger partial charge in [0.1, 0.15) is 0 Å². The molecule has 122 valence electrons. The van der Waals surface area contributed by atoms with E-state index in [1.807, 2.05) is 19.9 Å². The van der Waals surface area contributed by atoms with Crippen LogP contribution in [0.1, 0.15) is 30.6 Å². The van der Waals surface area contributed by atoms with Crippen molar-refractivity contribution in [1.82, 2.24) is 10.6 Å². The standard InChI is InChI=1S/C16H25N3O3/c1-4-12(2)19-15(20)11-18-14-7-5-6-13(10-14)16(21)17-8-9-22-3/h5-7,10,12,18H,4,8-9,11H2,1-3H3,(H,17,21)(H,19,20). The molecule has 0 aliphatic heterocycles. The Hall–Kier alpha value is -2.08. The number of nitrogens with one attached hydrogen (secondary N) is 3. The first-order valence-electron chi connectivity index (χ1n) is 7.47. The van der Waals surface area contributed by atoms with Crippen LogP contribution in [-0.4, -0.2) is 44.7 Å². The van der Waals surface area contributed by atoms with Gasteiger partial charge in [-0.15, -0.1) is 0 Å². The molecule has 0 bridgehead atoms. The van der Waals surface area contributed by atoms with E-state index < -0.39 is 0 Å². The second kappa shape index (κ2) is 9.78. The van der Waals surface area contributed by atoms with E-state index in [2.05, 4.69) is 16.0 Å². The molecule has 0 fully saturated rings. The van der Waals surface area contributed by atoms with E-state index >= 15 is 0 Å². The van der Waals surface area contributed by atoms with E-state index in [-0.39, 0.29) is 24.4 Å². The summed E-state index contributed by atoms with van der Waals surface area (Å²) in [5, 5.41) is 8.65. The number of benzene rings is 1. The minimum Gasteiger partial charge on any atom is -0.383 e. The fraction of sp³-hybridized carbons (Fsp3) is 0.500. The summed E-state index contributed by atoms with van der Waals surface area (Å²) in [5.41, 5.74) is 1.28. The van der Waals surface area contributed by atoms with Gasteiger partial charge in [-0.25, -0.2) is 0 Å². The first kappa shape index (κ1) is 18.0. The van der Waals surface area contributed by atoms with E-state index in [1.165, 1.54) is 0 Å². The lowest BCUT2D eigenvalue weighted by Gasteiger charge is -2.13. The second-order valence-corrected chi connectivity index (χ2v) is 5.06. The average molecular weight is 307 g/mol. The number of ether oxygens (including phenoxy) is 1. The smallest absolute Gasteiger partial charge is 0.251 e. The monoisotopic (exact) mass is 307 g/mol. The van der Waals surface area contributed by atoms with Crippen molar-refractivity contribution in [3.8, 4) is 0 Å². The molecule has 6 nitrogen and oxygen atoms in total. The van der Waals surface area contributed by atoms with E-state index in [0.717, 1.165) is 12.1 Å². The van der Waals surface area contributed by atoms with E-state index in [4.69, 9.17) is 4.74 Å². The largest absolute Gasteiger partial charge is 0.383 e. The maximum Gasteiger partial charge on any atom is 0.251 e. The first-order valence-corrected chi connectivity index (χ1v) is 7.47.